The summed E-state index contributed by atoms with van der Waals surface area (Å²) in [5.74, 6) is -0.913. The van der Waals surface area contributed by atoms with Crippen LogP contribution in [0.3, 0.4) is 0 Å². The van der Waals surface area contributed by atoms with Crippen LogP contribution >= 0.6 is 11.6 Å². The molecule has 0 saturated heterocycles. The Labute approximate surface area is 169 Å². The summed E-state index contributed by atoms with van der Waals surface area (Å²) in [4.78, 5) is 24.2. The van der Waals surface area contributed by atoms with Crippen molar-refractivity contribution in [3.05, 3.63) is 58.6 Å². The number of rotatable bonds is 7. The number of esters is 1. The second-order valence-electron chi connectivity index (χ2n) is 5.84. The topological polar surface area (TPSA) is 92.8 Å². The average Bonchev–Trinajstić information content (AvgIpc) is 2.63. The number of benzene rings is 2. The van der Waals surface area contributed by atoms with Crippen molar-refractivity contribution in [3.8, 4) is 0 Å². The summed E-state index contributed by atoms with van der Waals surface area (Å²) in [7, 11) is -3.39. The van der Waals surface area contributed by atoms with E-state index in [2.05, 4.69) is 5.32 Å². The van der Waals surface area contributed by atoms with E-state index in [9.17, 15) is 18.0 Å². The van der Waals surface area contributed by atoms with Crippen molar-refractivity contribution < 1.29 is 22.7 Å². The molecule has 0 bridgehead atoms. The van der Waals surface area contributed by atoms with Gasteiger partial charge >= 0.3 is 5.97 Å². The number of nitrogens with one attached hydrogen (secondary N) is 1. The summed E-state index contributed by atoms with van der Waals surface area (Å²) < 4.78 is 29.7. The van der Waals surface area contributed by atoms with Gasteiger partial charge in [-0.05, 0) is 56.3 Å². The Morgan fingerprint density at radius 1 is 1.07 bits per heavy atom. The van der Waals surface area contributed by atoms with Crippen LogP contribution in [-0.2, 0) is 14.8 Å². The average molecular weight is 425 g/mol. The van der Waals surface area contributed by atoms with E-state index in [1.54, 1.807) is 26.0 Å². The Morgan fingerprint density at radius 3 is 2.18 bits per heavy atom. The highest BCUT2D eigenvalue weighted by atomic mass is 35.5. The van der Waals surface area contributed by atoms with Crippen LogP contribution in [0.2, 0.25) is 5.02 Å². The van der Waals surface area contributed by atoms with Crippen molar-refractivity contribution in [2.45, 2.75) is 13.8 Å². The molecule has 0 aliphatic rings. The molecule has 0 aromatic heterocycles. The van der Waals surface area contributed by atoms with Crippen LogP contribution in [0.1, 0.15) is 34.6 Å². The summed E-state index contributed by atoms with van der Waals surface area (Å²) in [5.41, 5.74) is 1.43. The number of ether oxygens (including phenoxy) is 1. The molecule has 9 heteroatoms. The summed E-state index contributed by atoms with van der Waals surface area (Å²) in [6, 6.07) is 10.6. The number of hydrogen-bond acceptors (Lipinski definition) is 5. The van der Waals surface area contributed by atoms with Crippen LogP contribution < -0.4 is 9.62 Å². The van der Waals surface area contributed by atoms with Crippen LogP contribution in [0.25, 0.3) is 0 Å². The molecule has 0 aliphatic carbocycles. The standard InChI is InChI=1S/C19H21ClN2O5S/c1-4-22(28(3,25)26)15-9-6-13(7-10-15)18(23)21-17-11-8-14(12-16(17)20)19(24)27-5-2/h6-12H,4-5H2,1-3H3,(H,21,23). The summed E-state index contributed by atoms with van der Waals surface area (Å²) in [6.45, 7) is 3.96. The molecule has 0 radical (unpaired) electrons. The van der Waals surface area contributed by atoms with Gasteiger partial charge in [0.1, 0.15) is 0 Å². The zero-order valence-corrected chi connectivity index (χ0v) is 17.3. The van der Waals surface area contributed by atoms with Gasteiger partial charge in [0.05, 0.1) is 34.8 Å². The van der Waals surface area contributed by atoms with Crippen LogP contribution in [0, 0.1) is 0 Å². The smallest absolute Gasteiger partial charge is 0.338 e. The van der Waals surface area contributed by atoms with Crippen molar-refractivity contribution in [2.24, 2.45) is 0 Å². The van der Waals surface area contributed by atoms with Crippen LogP contribution in [-0.4, -0.2) is 39.7 Å². The van der Waals surface area contributed by atoms with E-state index in [0.29, 0.717) is 16.9 Å². The Balaban J connectivity index is 2.16. The number of sulfonamides is 1. The molecular formula is C19H21ClN2O5S. The van der Waals surface area contributed by atoms with Gasteiger partial charge in [0, 0.05) is 12.1 Å². The second kappa shape index (κ2) is 9.07. The van der Waals surface area contributed by atoms with Crippen molar-refractivity contribution in [3.63, 3.8) is 0 Å². The third kappa shape index (κ3) is 5.24. The highest BCUT2D eigenvalue weighted by Crippen LogP contribution is 2.25. The quantitative estimate of drug-likeness (QED) is 0.686. The minimum absolute atomic E-state index is 0.199. The lowest BCUT2D eigenvalue weighted by molar-refractivity contribution is 0.0526. The molecule has 28 heavy (non-hydrogen) atoms. The molecule has 1 amide bonds. The van der Waals surface area contributed by atoms with E-state index >= 15 is 0 Å². The summed E-state index contributed by atoms with van der Waals surface area (Å²) in [6.07, 6.45) is 1.12. The Kier molecular flexibility index (Phi) is 7.04. The number of hydrogen-bond donors (Lipinski definition) is 1. The molecule has 7 nitrogen and oxygen atoms in total. The van der Waals surface area contributed by atoms with E-state index in [0.717, 1.165) is 6.26 Å². The minimum atomic E-state index is -3.39. The van der Waals surface area contributed by atoms with E-state index in [4.69, 9.17) is 16.3 Å². The summed E-state index contributed by atoms with van der Waals surface area (Å²) >= 11 is 6.15. The SMILES string of the molecule is CCOC(=O)c1ccc(NC(=O)c2ccc(N(CC)S(C)(=O)=O)cc2)c(Cl)c1. The highest BCUT2D eigenvalue weighted by Gasteiger charge is 2.16. The largest absolute Gasteiger partial charge is 0.462 e. The third-order valence-electron chi connectivity index (χ3n) is 3.83. The summed E-state index contributed by atoms with van der Waals surface area (Å²) in [5, 5.41) is 2.86. The molecule has 0 unspecified atom stereocenters. The number of nitrogens with zero attached hydrogens (tertiary/aromatic N) is 1. The Hall–Kier alpha value is -2.58. The molecular weight excluding hydrogens is 404 g/mol. The number of carbonyl (C=O) groups excluding carboxylic acids is 2. The molecule has 0 spiro atoms. The van der Waals surface area contributed by atoms with Gasteiger partial charge in [0.2, 0.25) is 10.0 Å². The third-order valence-corrected chi connectivity index (χ3v) is 5.42. The van der Waals surface area contributed by atoms with E-state index in [1.807, 2.05) is 0 Å². The van der Waals surface area contributed by atoms with Gasteiger partial charge in [0.15, 0.2) is 0 Å². The minimum Gasteiger partial charge on any atom is -0.462 e. The fourth-order valence-corrected chi connectivity index (χ4v) is 3.74. The molecule has 2 aromatic rings. The van der Waals surface area contributed by atoms with Gasteiger partial charge in [-0.15, -0.1) is 0 Å². The first-order valence-electron chi connectivity index (χ1n) is 8.53. The zero-order chi connectivity index (χ0) is 20.9. The van der Waals surface area contributed by atoms with E-state index in [-0.39, 0.29) is 23.7 Å². The van der Waals surface area contributed by atoms with Crippen LogP contribution in [0.15, 0.2) is 42.5 Å². The lowest BCUT2D eigenvalue weighted by Gasteiger charge is -2.20. The molecule has 0 aliphatic heterocycles. The molecule has 0 fully saturated rings. The van der Waals surface area contributed by atoms with Gasteiger partial charge in [-0.3, -0.25) is 9.10 Å². The maximum absolute atomic E-state index is 12.4. The predicted octanol–water partition coefficient (Wildman–Crippen LogP) is 3.55. The van der Waals surface area contributed by atoms with Crippen molar-refractivity contribution in [2.75, 3.05) is 29.0 Å². The van der Waals surface area contributed by atoms with Crippen LogP contribution in [0.5, 0.6) is 0 Å². The fraction of sp³-hybridized carbons (Fsp3) is 0.263. The van der Waals surface area contributed by atoms with Gasteiger partial charge < -0.3 is 10.1 Å². The highest BCUT2D eigenvalue weighted by molar-refractivity contribution is 7.92. The normalized spacial score (nSPS) is 11.0. The Bertz CT molecular complexity index is 974. The number of anilines is 2. The molecule has 0 saturated carbocycles. The lowest BCUT2D eigenvalue weighted by atomic mass is 10.1. The number of amides is 1. The van der Waals surface area contributed by atoms with Gasteiger partial charge in [-0.2, -0.15) is 0 Å². The first-order valence-corrected chi connectivity index (χ1v) is 10.8. The molecule has 0 heterocycles. The maximum Gasteiger partial charge on any atom is 0.338 e. The lowest BCUT2D eigenvalue weighted by Crippen LogP contribution is -2.29. The van der Waals surface area contributed by atoms with Gasteiger partial charge in [0.25, 0.3) is 5.91 Å². The molecule has 1 N–H and O–H groups in total. The first-order chi connectivity index (χ1) is 13.2. The molecule has 150 valence electrons. The van der Waals surface area contributed by atoms with Crippen molar-refractivity contribution in [1.82, 2.24) is 0 Å². The predicted molar refractivity (Wildman–Crippen MR) is 110 cm³/mol. The van der Waals surface area contributed by atoms with Crippen LogP contribution in [0.4, 0.5) is 11.4 Å². The van der Waals surface area contributed by atoms with Gasteiger partial charge in [-0.1, -0.05) is 11.6 Å². The van der Waals surface area contributed by atoms with Crippen molar-refractivity contribution >= 4 is 44.9 Å². The monoisotopic (exact) mass is 424 g/mol. The Morgan fingerprint density at radius 2 is 1.68 bits per heavy atom. The fourth-order valence-electron chi connectivity index (χ4n) is 2.54. The van der Waals surface area contributed by atoms with Gasteiger partial charge in [-0.25, -0.2) is 13.2 Å². The molecule has 2 aromatic carbocycles. The van der Waals surface area contributed by atoms with Crippen molar-refractivity contribution in [1.29, 1.82) is 0 Å². The molecule has 0 atom stereocenters. The number of carbonyl (C=O) groups is 2. The number of halogens is 1. The first kappa shape index (κ1) is 21.7. The zero-order valence-electron chi connectivity index (χ0n) is 15.7. The second-order valence-corrected chi connectivity index (χ2v) is 8.16. The maximum atomic E-state index is 12.4. The molecule has 2 rings (SSSR count). The van der Waals surface area contributed by atoms with E-state index in [1.165, 1.54) is 34.6 Å². The van der Waals surface area contributed by atoms with E-state index < -0.39 is 21.9 Å².